The molecule has 1 amide bonds. The first-order chi connectivity index (χ1) is 15.1. The van der Waals surface area contributed by atoms with Gasteiger partial charge in [0.25, 0.3) is 5.91 Å². The summed E-state index contributed by atoms with van der Waals surface area (Å²) in [6, 6.07) is 14.9. The number of amides is 1. The quantitative estimate of drug-likeness (QED) is 0.514. The molecule has 7 heteroatoms. The lowest BCUT2D eigenvalue weighted by atomic mass is 10.0. The summed E-state index contributed by atoms with van der Waals surface area (Å²) in [6.07, 6.45) is 5.18. The SMILES string of the molecule is CCOc1cc(C(=O)N(C)Cc2cncc3cn[nH]c23)ccc1-c1cccc(C#N)c1. The zero-order chi connectivity index (χ0) is 21.8. The van der Waals surface area contributed by atoms with E-state index in [-0.39, 0.29) is 5.91 Å². The number of nitrogens with zero attached hydrogens (tertiary/aromatic N) is 4. The molecule has 4 aromatic rings. The van der Waals surface area contributed by atoms with Crippen LogP contribution in [0.3, 0.4) is 0 Å². The van der Waals surface area contributed by atoms with E-state index in [0.717, 1.165) is 27.6 Å². The van der Waals surface area contributed by atoms with Crippen molar-refractivity contribution in [2.45, 2.75) is 13.5 Å². The van der Waals surface area contributed by atoms with E-state index < -0.39 is 0 Å². The number of pyridine rings is 1. The molecule has 31 heavy (non-hydrogen) atoms. The second-order valence-corrected chi connectivity index (χ2v) is 7.13. The van der Waals surface area contributed by atoms with Crippen LogP contribution in [-0.4, -0.2) is 39.6 Å². The lowest BCUT2D eigenvalue weighted by Gasteiger charge is -2.19. The first-order valence-electron chi connectivity index (χ1n) is 9.89. The van der Waals surface area contributed by atoms with E-state index in [1.54, 1.807) is 48.7 Å². The summed E-state index contributed by atoms with van der Waals surface area (Å²) in [7, 11) is 1.75. The molecule has 0 atom stereocenters. The molecule has 1 N–H and O–H groups in total. The number of hydrogen-bond acceptors (Lipinski definition) is 5. The molecule has 7 nitrogen and oxygen atoms in total. The molecule has 2 heterocycles. The number of aromatic amines is 1. The van der Waals surface area contributed by atoms with Crippen molar-refractivity contribution >= 4 is 16.8 Å². The summed E-state index contributed by atoms with van der Waals surface area (Å²) >= 11 is 0. The highest BCUT2D eigenvalue weighted by atomic mass is 16.5. The second-order valence-electron chi connectivity index (χ2n) is 7.13. The molecule has 0 unspecified atom stereocenters. The van der Waals surface area contributed by atoms with Crippen LogP contribution in [0.1, 0.15) is 28.4 Å². The van der Waals surface area contributed by atoms with E-state index >= 15 is 0 Å². The minimum absolute atomic E-state index is 0.130. The molecule has 0 fully saturated rings. The van der Waals surface area contributed by atoms with Gasteiger partial charge >= 0.3 is 0 Å². The Kier molecular flexibility index (Phi) is 5.63. The molecule has 0 aliphatic carbocycles. The van der Waals surface area contributed by atoms with Gasteiger partial charge in [0.05, 0.1) is 30.0 Å². The highest BCUT2D eigenvalue weighted by molar-refractivity contribution is 5.95. The number of nitriles is 1. The largest absolute Gasteiger partial charge is 0.493 e. The second kappa shape index (κ2) is 8.67. The Labute approximate surface area is 179 Å². The van der Waals surface area contributed by atoms with Crippen LogP contribution in [0, 0.1) is 11.3 Å². The molecule has 0 aliphatic rings. The summed E-state index contributed by atoms with van der Waals surface area (Å²) in [6.45, 7) is 2.75. The predicted octanol–water partition coefficient (Wildman–Crippen LogP) is 4.17. The van der Waals surface area contributed by atoms with Gasteiger partial charge < -0.3 is 9.64 Å². The standard InChI is InChI=1S/C24H21N5O2/c1-3-31-22-10-18(7-8-21(22)17-6-4-5-16(9-17)11-25)24(30)29(2)15-20-13-26-12-19-14-27-28-23(19)20/h4-10,12-14H,3,15H2,1-2H3,(H,27,28). The molecule has 0 saturated heterocycles. The van der Waals surface area contributed by atoms with Crippen LogP contribution < -0.4 is 4.74 Å². The lowest BCUT2D eigenvalue weighted by molar-refractivity contribution is 0.0785. The summed E-state index contributed by atoms with van der Waals surface area (Å²) < 4.78 is 5.82. The van der Waals surface area contributed by atoms with Crippen molar-refractivity contribution in [2.75, 3.05) is 13.7 Å². The monoisotopic (exact) mass is 411 g/mol. The smallest absolute Gasteiger partial charge is 0.254 e. The van der Waals surface area contributed by atoms with Gasteiger partial charge in [-0.25, -0.2) is 0 Å². The highest BCUT2D eigenvalue weighted by Gasteiger charge is 2.17. The summed E-state index contributed by atoms with van der Waals surface area (Å²) in [5.74, 6) is 0.476. The van der Waals surface area contributed by atoms with Gasteiger partial charge in [0.15, 0.2) is 0 Å². The number of H-pyrrole nitrogens is 1. The van der Waals surface area contributed by atoms with Crippen LogP contribution >= 0.6 is 0 Å². The molecule has 0 aliphatic heterocycles. The Bertz CT molecular complexity index is 1290. The molecule has 2 aromatic heterocycles. The average Bonchev–Trinajstić information content (AvgIpc) is 3.29. The maximum Gasteiger partial charge on any atom is 0.254 e. The Morgan fingerprint density at radius 2 is 2.06 bits per heavy atom. The van der Waals surface area contributed by atoms with Gasteiger partial charge in [-0.05, 0) is 42.8 Å². The molecule has 0 saturated carbocycles. The van der Waals surface area contributed by atoms with Gasteiger partial charge in [-0.3, -0.25) is 14.9 Å². The molecule has 0 radical (unpaired) electrons. The van der Waals surface area contributed by atoms with Gasteiger partial charge in [0.1, 0.15) is 5.75 Å². The number of carbonyl (C=O) groups excluding carboxylic acids is 1. The van der Waals surface area contributed by atoms with Gasteiger partial charge in [-0.15, -0.1) is 0 Å². The Morgan fingerprint density at radius 3 is 2.87 bits per heavy atom. The van der Waals surface area contributed by atoms with Crippen LogP contribution in [0.4, 0.5) is 0 Å². The molecule has 0 spiro atoms. The average molecular weight is 411 g/mol. The van der Waals surface area contributed by atoms with Crippen LogP contribution in [0.2, 0.25) is 0 Å². The number of carbonyl (C=O) groups is 1. The summed E-state index contributed by atoms with van der Waals surface area (Å²) in [4.78, 5) is 19.0. The lowest BCUT2D eigenvalue weighted by Crippen LogP contribution is -2.26. The summed E-state index contributed by atoms with van der Waals surface area (Å²) in [5.41, 5.74) is 4.56. The normalized spacial score (nSPS) is 10.6. The number of rotatable bonds is 6. The molecular formula is C24H21N5O2. The summed E-state index contributed by atoms with van der Waals surface area (Å²) in [5, 5.41) is 17.1. The Hall–Kier alpha value is -4.18. The van der Waals surface area contributed by atoms with E-state index in [2.05, 4.69) is 21.3 Å². The maximum atomic E-state index is 13.1. The number of fused-ring (bicyclic) bond motifs is 1. The van der Waals surface area contributed by atoms with Crippen molar-refractivity contribution in [3.05, 3.63) is 77.7 Å². The van der Waals surface area contributed by atoms with Crippen LogP contribution in [-0.2, 0) is 6.54 Å². The van der Waals surface area contributed by atoms with Crippen molar-refractivity contribution in [3.8, 4) is 22.9 Å². The predicted molar refractivity (Wildman–Crippen MR) is 117 cm³/mol. The molecule has 2 aromatic carbocycles. The fourth-order valence-corrected chi connectivity index (χ4v) is 3.52. The van der Waals surface area contributed by atoms with Crippen molar-refractivity contribution in [3.63, 3.8) is 0 Å². The van der Waals surface area contributed by atoms with E-state index in [1.165, 1.54) is 0 Å². The highest BCUT2D eigenvalue weighted by Crippen LogP contribution is 2.32. The third kappa shape index (κ3) is 4.09. The van der Waals surface area contributed by atoms with Gasteiger partial charge in [-0.2, -0.15) is 10.4 Å². The number of benzene rings is 2. The van der Waals surface area contributed by atoms with Crippen LogP contribution in [0.25, 0.3) is 22.0 Å². The van der Waals surface area contributed by atoms with E-state index in [9.17, 15) is 10.1 Å². The topological polar surface area (TPSA) is 94.9 Å². The van der Waals surface area contributed by atoms with Crippen molar-refractivity contribution in [1.29, 1.82) is 5.26 Å². The first-order valence-corrected chi connectivity index (χ1v) is 9.89. The van der Waals surface area contributed by atoms with Crippen molar-refractivity contribution in [1.82, 2.24) is 20.1 Å². The zero-order valence-electron chi connectivity index (χ0n) is 17.3. The molecule has 154 valence electrons. The minimum Gasteiger partial charge on any atom is -0.493 e. The number of ether oxygens (including phenoxy) is 1. The first kappa shape index (κ1) is 20.1. The van der Waals surface area contributed by atoms with Crippen molar-refractivity contribution in [2.24, 2.45) is 0 Å². The molecule has 0 bridgehead atoms. The third-order valence-corrected chi connectivity index (χ3v) is 5.02. The molecular weight excluding hydrogens is 390 g/mol. The van der Waals surface area contributed by atoms with Gasteiger partial charge in [0, 0.05) is 48.1 Å². The minimum atomic E-state index is -0.130. The van der Waals surface area contributed by atoms with Crippen LogP contribution in [0.15, 0.2) is 61.1 Å². The van der Waals surface area contributed by atoms with Crippen molar-refractivity contribution < 1.29 is 9.53 Å². The zero-order valence-corrected chi connectivity index (χ0v) is 17.3. The van der Waals surface area contributed by atoms with E-state index in [4.69, 9.17) is 4.74 Å². The van der Waals surface area contributed by atoms with E-state index in [0.29, 0.717) is 30.0 Å². The fourth-order valence-electron chi connectivity index (χ4n) is 3.52. The maximum absolute atomic E-state index is 13.1. The fraction of sp³-hybridized carbons (Fsp3) is 0.167. The Balaban J connectivity index is 1.62. The van der Waals surface area contributed by atoms with Gasteiger partial charge in [-0.1, -0.05) is 12.1 Å². The van der Waals surface area contributed by atoms with Gasteiger partial charge in [0.2, 0.25) is 0 Å². The number of nitrogens with one attached hydrogen (secondary N) is 1. The Morgan fingerprint density at radius 1 is 1.19 bits per heavy atom. The number of aromatic nitrogens is 3. The third-order valence-electron chi connectivity index (χ3n) is 5.02. The number of hydrogen-bond donors (Lipinski definition) is 1. The van der Waals surface area contributed by atoms with Crippen LogP contribution in [0.5, 0.6) is 5.75 Å². The molecule has 4 rings (SSSR count). The van der Waals surface area contributed by atoms with E-state index in [1.807, 2.05) is 31.2 Å².